The molecular formula is C21H17F3N6O. The zero-order valence-electron chi connectivity index (χ0n) is 16.2. The van der Waals surface area contributed by atoms with E-state index >= 15 is 0 Å². The average molecular weight is 426 g/mol. The number of benzene rings is 1. The number of carbonyl (C=O) groups is 1. The number of halogens is 3. The van der Waals surface area contributed by atoms with Crippen molar-refractivity contribution in [3.05, 3.63) is 60.7 Å². The molecule has 2 aromatic heterocycles. The monoisotopic (exact) mass is 426 g/mol. The third kappa shape index (κ3) is 3.54. The number of anilines is 3. The predicted molar refractivity (Wildman–Crippen MR) is 109 cm³/mol. The minimum Gasteiger partial charge on any atom is -0.366 e. The van der Waals surface area contributed by atoms with Crippen LogP contribution in [0.25, 0.3) is 11.3 Å². The van der Waals surface area contributed by atoms with Gasteiger partial charge in [-0.1, -0.05) is 12.1 Å². The van der Waals surface area contributed by atoms with Crippen molar-refractivity contribution in [2.24, 2.45) is 0 Å². The maximum absolute atomic E-state index is 13.1. The lowest BCUT2D eigenvalue weighted by Gasteiger charge is -2.35. The number of nitrogens with one attached hydrogen (secondary N) is 1. The quantitative estimate of drug-likeness (QED) is 0.665. The van der Waals surface area contributed by atoms with Gasteiger partial charge < -0.3 is 10.2 Å². The first-order chi connectivity index (χ1) is 14.9. The highest BCUT2D eigenvalue weighted by Gasteiger charge is 2.40. The van der Waals surface area contributed by atoms with E-state index in [-0.39, 0.29) is 12.1 Å². The second kappa shape index (κ2) is 7.22. The number of urea groups is 1. The third-order valence-electron chi connectivity index (χ3n) is 5.47. The molecule has 1 aromatic carbocycles. The van der Waals surface area contributed by atoms with Gasteiger partial charge in [0.05, 0.1) is 41.1 Å². The first-order valence-corrected chi connectivity index (χ1v) is 9.69. The van der Waals surface area contributed by atoms with Crippen molar-refractivity contribution < 1.29 is 18.0 Å². The summed E-state index contributed by atoms with van der Waals surface area (Å²) in [6.45, 7) is 1.46. The van der Waals surface area contributed by atoms with E-state index in [2.05, 4.69) is 25.2 Å². The first kappa shape index (κ1) is 19.3. The summed E-state index contributed by atoms with van der Waals surface area (Å²) >= 11 is 0. The Labute approximate surface area is 175 Å². The molecule has 1 saturated heterocycles. The summed E-state index contributed by atoms with van der Waals surface area (Å²) < 4.78 is 39.4. The van der Waals surface area contributed by atoms with Crippen LogP contribution in [0.15, 0.2) is 55.1 Å². The molecule has 3 aromatic rings. The number of rotatable bonds is 2. The molecule has 7 nitrogen and oxygen atoms in total. The van der Waals surface area contributed by atoms with E-state index in [9.17, 15) is 18.0 Å². The molecule has 2 aliphatic heterocycles. The number of nitrogens with zero attached hydrogens (tertiary/aromatic N) is 5. The molecule has 0 radical (unpaired) electrons. The Morgan fingerprint density at radius 1 is 1.13 bits per heavy atom. The van der Waals surface area contributed by atoms with Gasteiger partial charge in [-0.3, -0.25) is 4.90 Å². The van der Waals surface area contributed by atoms with Crippen LogP contribution in [0.4, 0.5) is 35.2 Å². The Bertz CT molecular complexity index is 1140. The van der Waals surface area contributed by atoms with Gasteiger partial charge in [-0.15, -0.1) is 0 Å². The number of fused-ring (bicyclic) bond motifs is 4. The van der Waals surface area contributed by atoms with Gasteiger partial charge in [0.25, 0.3) is 0 Å². The lowest BCUT2D eigenvalue weighted by molar-refractivity contribution is -0.137. The second-order valence-electron chi connectivity index (χ2n) is 7.43. The highest BCUT2D eigenvalue weighted by molar-refractivity contribution is 6.04. The van der Waals surface area contributed by atoms with E-state index in [0.717, 1.165) is 30.8 Å². The summed E-state index contributed by atoms with van der Waals surface area (Å²) in [5, 5.41) is 2.78. The van der Waals surface area contributed by atoms with Gasteiger partial charge in [0.1, 0.15) is 6.33 Å². The summed E-state index contributed by atoms with van der Waals surface area (Å²) in [5.41, 5.74) is 1.19. The van der Waals surface area contributed by atoms with Crippen molar-refractivity contribution in [2.45, 2.75) is 18.6 Å². The molecule has 10 heteroatoms. The molecule has 1 fully saturated rings. The fourth-order valence-electron chi connectivity index (χ4n) is 4.03. The molecule has 2 aliphatic rings. The zero-order chi connectivity index (χ0) is 21.6. The molecule has 158 valence electrons. The van der Waals surface area contributed by atoms with E-state index in [1.165, 1.54) is 24.8 Å². The Hall–Kier alpha value is -3.69. The predicted octanol–water partition coefficient (Wildman–Crippen LogP) is 4.19. The van der Waals surface area contributed by atoms with Crippen LogP contribution in [-0.2, 0) is 6.18 Å². The van der Waals surface area contributed by atoms with Crippen LogP contribution < -0.4 is 15.1 Å². The number of alkyl halides is 3. The molecule has 2 bridgehead atoms. The van der Waals surface area contributed by atoms with Gasteiger partial charge >= 0.3 is 12.2 Å². The fourth-order valence-corrected chi connectivity index (χ4v) is 4.03. The van der Waals surface area contributed by atoms with Crippen LogP contribution >= 0.6 is 0 Å². The minimum atomic E-state index is -4.45. The molecule has 0 aliphatic carbocycles. The number of carbonyl (C=O) groups excluding carboxylic acids is 1. The molecule has 0 saturated carbocycles. The Balaban J connectivity index is 1.54. The molecule has 4 heterocycles. The van der Waals surface area contributed by atoms with E-state index in [1.807, 2.05) is 6.07 Å². The first-order valence-electron chi connectivity index (χ1n) is 9.69. The summed E-state index contributed by atoms with van der Waals surface area (Å²) in [6, 6.07) is 8.06. The van der Waals surface area contributed by atoms with E-state index < -0.39 is 11.7 Å². The lowest BCUT2D eigenvalue weighted by atomic mass is 10.1. The molecule has 31 heavy (non-hydrogen) atoms. The van der Waals surface area contributed by atoms with Gasteiger partial charge in [0.2, 0.25) is 0 Å². The van der Waals surface area contributed by atoms with E-state index in [4.69, 9.17) is 0 Å². The summed E-state index contributed by atoms with van der Waals surface area (Å²) in [6.07, 6.45) is 0.669. The van der Waals surface area contributed by atoms with Crippen molar-refractivity contribution >= 4 is 23.2 Å². The van der Waals surface area contributed by atoms with Crippen LogP contribution in [0.1, 0.15) is 12.0 Å². The molecular weight excluding hydrogens is 409 g/mol. The number of hydrogen-bond acceptors (Lipinski definition) is 5. The van der Waals surface area contributed by atoms with Crippen LogP contribution in [0.5, 0.6) is 0 Å². The Kier molecular flexibility index (Phi) is 4.49. The second-order valence-corrected chi connectivity index (χ2v) is 7.43. The largest absolute Gasteiger partial charge is 0.416 e. The lowest BCUT2D eigenvalue weighted by Crippen LogP contribution is -2.48. The van der Waals surface area contributed by atoms with Crippen LogP contribution in [0, 0.1) is 0 Å². The average Bonchev–Trinajstić information content (AvgIpc) is 3.18. The van der Waals surface area contributed by atoms with Gasteiger partial charge in [-0.05, 0) is 30.7 Å². The van der Waals surface area contributed by atoms with E-state index in [1.54, 1.807) is 17.0 Å². The number of aromatic nitrogens is 3. The Morgan fingerprint density at radius 2 is 1.94 bits per heavy atom. The maximum Gasteiger partial charge on any atom is 0.416 e. The van der Waals surface area contributed by atoms with Crippen LogP contribution in [0.3, 0.4) is 0 Å². The molecule has 2 amide bonds. The summed E-state index contributed by atoms with van der Waals surface area (Å²) in [4.78, 5) is 29.2. The van der Waals surface area contributed by atoms with Gasteiger partial charge in [-0.25, -0.2) is 19.7 Å². The number of hydrogen-bond donors (Lipinski definition) is 1. The standard InChI is InChI=1S/C21H17F3N6O/c22-21(23,24)14-3-1-2-13(8-14)17-4-5-18-19(28-17)30(16-6-7-29(18)11-16)20(31)27-15-9-25-12-26-10-15/h1-5,8-10,12,16H,6-7,11H2,(H,27,31)/t16-/m0/s1. The smallest absolute Gasteiger partial charge is 0.366 e. The molecule has 0 unspecified atom stereocenters. The Morgan fingerprint density at radius 3 is 2.71 bits per heavy atom. The van der Waals surface area contributed by atoms with Crippen molar-refractivity contribution in [1.82, 2.24) is 15.0 Å². The minimum absolute atomic E-state index is 0.0820. The van der Waals surface area contributed by atoms with Crippen molar-refractivity contribution in [3.63, 3.8) is 0 Å². The molecule has 5 rings (SSSR count). The fraction of sp³-hybridized carbons (Fsp3) is 0.238. The highest BCUT2D eigenvalue weighted by atomic mass is 19.4. The third-order valence-corrected chi connectivity index (χ3v) is 5.47. The van der Waals surface area contributed by atoms with Crippen molar-refractivity contribution in [3.8, 4) is 11.3 Å². The van der Waals surface area contributed by atoms with Crippen LogP contribution in [0.2, 0.25) is 0 Å². The van der Waals surface area contributed by atoms with Gasteiger partial charge in [0.15, 0.2) is 5.82 Å². The normalized spacial score (nSPS) is 17.5. The van der Waals surface area contributed by atoms with Gasteiger partial charge in [-0.2, -0.15) is 13.2 Å². The number of amides is 2. The SMILES string of the molecule is O=C(Nc1cncnc1)N1c2nc(-c3cccc(C(F)(F)F)c3)ccc2N2CC[C@H]1C2. The topological polar surface area (TPSA) is 74.2 Å². The molecule has 0 spiro atoms. The van der Waals surface area contributed by atoms with Crippen molar-refractivity contribution in [1.29, 1.82) is 0 Å². The van der Waals surface area contributed by atoms with Crippen molar-refractivity contribution in [2.75, 3.05) is 28.2 Å². The maximum atomic E-state index is 13.1. The summed E-state index contributed by atoms with van der Waals surface area (Å²) in [5.74, 6) is 0.429. The highest BCUT2D eigenvalue weighted by Crippen LogP contribution is 2.41. The number of pyridine rings is 1. The summed E-state index contributed by atoms with van der Waals surface area (Å²) in [7, 11) is 0. The van der Waals surface area contributed by atoms with E-state index in [0.29, 0.717) is 29.3 Å². The molecule has 1 N–H and O–H groups in total. The zero-order valence-corrected chi connectivity index (χ0v) is 16.2. The molecule has 1 atom stereocenters. The van der Waals surface area contributed by atoms with Crippen LogP contribution in [-0.4, -0.2) is 40.1 Å². The van der Waals surface area contributed by atoms with Gasteiger partial charge in [0, 0.05) is 18.7 Å².